The molecule has 160 valence electrons. The second-order valence-electron chi connectivity index (χ2n) is 7.96. The van der Waals surface area contributed by atoms with Crippen molar-refractivity contribution in [3.8, 4) is 11.5 Å². The summed E-state index contributed by atoms with van der Waals surface area (Å²) >= 11 is 0. The number of amides is 1. The van der Waals surface area contributed by atoms with Crippen molar-refractivity contribution in [2.45, 2.75) is 39.3 Å². The lowest BCUT2D eigenvalue weighted by atomic mass is 10.0. The molecule has 0 radical (unpaired) electrons. The number of hydrogen-bond donors (Lipinski definition) is 1. The van der Waals surface area contributed by atoms with Gasteiger partial charge < -0.3 is 14.8 Å². The second-order valence-corrected chi connectivity index (χ2v) is 7.96. The van der Waals surface area contributed by atoms with Gasteiger partial charge in [-0.1, -0.05) is 42.0 Å². The molecular formula is C25H32N2O3. The Hall–Kier alpha value is -2.79. The lowest BCUT2D eigenvalue weighted by molar-refractivity contribution is -0.124. The number of benzene rings is 2. The predicted octanol–water partition coefficient (Wildman–Crippen LogP) is 4.19. The average molecular weight is 409 g/mol. The first-order valence-electron chi connectivity index (χ1n) is 10.6. The van der Waals surface area contributed by atoms with E-state index in [0.29, 0.717) is 12.4 Å². The zero-order valence-electron chi connectivity index (χ0n) is 18.0. The van der Waals surface area contributed by atoms with E-state index in [1.54, 1.807) is 0 Å². The Labute approximate surface area is 179 Å². The third-order valence-corrected chi connectivity index (χ3v) is 5.15. The van der Waals surface area contributed by atoms with Crippen LogP contribution in [0, 0.1) is 0 Å². The average Bonchev–Trinajstić information content (AvgIpc) is 2.77. The Kier molecular flexibility index (Phi) is 8.33. The van der Waals surface area contributed by atoms with E-state index in [-0.39, 0.29) is 18.6 Å². The zero-order valence-corrected chi connectivity index (χ0v) is 18.0. The fourth-order valence-electron chi connectivity index (χ4n) is 3.36. The number of piperidine rings is 1. The number of nitrogens with zero attached hydrogens (tertiary/aromatic N) is 1. The van der Waals surface area contributed by atoms with Gasteiger partial charge in [-0.25, -0.2) is 0 Å². The van der Waals surface area contributed by atoms with Gasteiger partial charge in [-0.3, -0.25) is 9.69 Å². The van der Waals surface area contributed by atoms with Crippen LogP contribution in [-0.4, -0.2) is 43.1 Å². The van der Waals surface area contributed by atoms with Gasteiger partial charge in [0.1, 0.15) is 18.1 Å². The molecule has 1 amide bonds. The molecule has 0 atom stereocenters. The van der Waals surface area contributed by atoms with E-state index in [4.69, 9.17) is 9.47 Å². The highest BCUT2D eigenvalue weighted by molar-refractivity contribution is 5.77. The molecule has 0 bridgehead atoms. The molecule has 3 rings (SSSR count). The Morgan fingerprint density at radius 3 is 2.27 bits per heavy atom. The first-order chi connectivity index (χ1) is 14.6. The largest absolute Gasteiger partial charge is 0.489 e. The van der Waals surface area contributed by atoms with Crippen molar-refractivity contribution < 1.29 is 14.3 Å². The topological polar surface area (TPSA) is 50.8 Å². The summed E-state index contributed by atoms with van der Waals surface area (Å²) in [4.78, 5) is 14.6. The van der Waals surface area contributed by atoms with Gasteiger partial charge in [0, 0.05) is 25.7 Å². The minimum Gasteiger partial charge on any atom is -0.489 e. The van der Waals surface area contributed by atoms with Crippen LogP contribution in [0.3, 0.4) is 0 Å². The van der Waals surface area contributed by atoms with Crippen molar-refractivity contribution in [2.75, 3.05) is 26.2 Å². The molecule has 2 aromatic rings. The van der Waals surface area contributed by atoms with Crippen LogP contribution in [0.15, 0.2) is 66.2 Å². The number of rotatable bonds is 9. The molecule has 0 unspecified atom stereocenters. The van der Waals surface area contributed by atoms with Gasteiger partial charge in [0.15, 0.2) is 6.61 Å². The van der Waals surface area contributed by atoms with E-state index in [0.717, 1.165) is 43.8 Å². The van der Waals surface area contributed by atoms with Crippen LogP contribution in [0.1, 0.15) is 32.3 Å². The molecule has 0 saturated carbocycles. The van der Waals surface area contributed by atoms with Crippen LogP contribution in [0.25, 0.3) is 0 Å². The maximum atomic E-state index is 12.2. The fraction of sp³-hybridized carbons (Fsp3) is 0.400. The Morgan fingerprint density at radius 1 is 1.00 bits per heavy atom. The van der Waals surface area contributed by atoms with Crippen LogP contribution in [0.4, 0.5) is 0 Å². The number of ether oxygens (including phenoxy) is 2. The van der Waals surface area contributed by atoms with E-state index in [2.05, 4.69) is 30.1 Å². The molecule has 30 heavy (non-hydrogen) atoms. The Balaban J connectivity index is 1.34. The van der Waals surface area contributed by atoms with Crippen LogP contribution < -0.4 is 14.8 Å². The highest BCUT2D eigenvalue weighted by Gasteiger charge is 2.20. The number of allylic oxidation sites excluding steroid dienone is 1. The molecule has 1 aliphatic heterocycles. The van der Waals surface area contributed by atoms with E-state index in [1.807, 2.05) is 54.6 Å². The summed E-state index contributed by atoms with van der Waals surface area (Å²) in [6.07, 6.45) is 4.22. The predicted molar refractivity (Wildman–Crippen MR) is 120 cm³/mol. The Bertz CT molecular complexity index is 806. The smallest absolute Gasteiger partial charge is 0.258 e. The zero-order chi connectivity index (χ0) is 21.2. The number of carbonyl (C=O) groups excluding carboxylic acids is 1. The summed E-state index contributed by atoms with van der Waals surface area (Å²) in [6.45, 7) is 7.83. The van der Waals surface area contributed by atoms with Crippen molar-refractivity contribution in [3.63, 3.8) is 0 Å². The van der Waals surface area contributed by atoms with E-state index in [1.165, 1.54) is 5.57 Å². The molecule has 2 aromatic carbocycles. The molecule has 1 heterocycles. The summed E-state index contributed by atoms with van der Waals surface area (Å²) in [7, 11) is 0. The monoisotopic (exact) mass is 408 g/mol. The van der Waals surface area contributed by atoms with Crippen molar-refractivity contribution in [1.29, 1.82) is 0 Å². The van der Waals surface area contributed by atoms with Crippen LogP contribution >= 0.6 is 0 Å². The number of carbonyl (C=O) groups is 1. The number of nitrogens with one attached hydrogen (secondary N) is 1. The summed E-state index contributed by atoms with van der Waals surface area (Å²) in [6, 6.07) is 17.6. The maximum absolute atomic E-state index is 12.2. The second kappa shape index (κ2) is 11.4. The van der Waals surface area contributed by atoms with Gasteiger partial charge in [0.25, 0.3) is 5.91 Å². The standard InChI is InChI=1S/C25H32N2O3/c1-20(2)12-15-27-16-13-22(14-17-27)26-25(28)19-30-24-10-8-23(9-11-24)29-18-21-6-4-3-5-7-21/h3-12,22H,13-19H2,1-2H3,(H,26,28). The summed E-state index contributed by atoms with van der Waals surface area (Å²) in [5.41, 5.74) is 2.47. The quantitative estimate of drug-likeness (QED) is 0.632. The first kappa shape index (κ1) is 21.9. The third-order valence-electron chi connectivity index (χ3n) is 5.15. The van der Waals surface area contributed by atoms with Gasteiger partial charge in [-0.05, 0) is 56.5 Å². The van der Waals surface area contributed by atoms with E-state index >= 15 is 0 Å². The van der Waals surface area contributed by atoms with Crippen LogP contribution in [0.5, 0.6) is 11.5 Å². The minimum atomic E-state index is -0.0675. The maximum Gasteiger partial charge on any atom is 0.258 e. The van der Waals surface area contributed by atoms with E-state index in [9.17, 15) is 4.79 Å². The molecule has 0 spiro atoms. The Morgan fingerprint density at radius 2 is 1.63 bits per heavy atom. The first-order valence-corrected chi connectivity index (χ1v) is 10.6. The number of hydrogen-bond acceptors (Lipinski definition) is 4. The van der Waals surface area contributed by atoms with Gasteiger partial charge in [0.2, 0.25) is 0 Å². The molecule has 5 heteroatoms. The summed E-state index contributed by atoms with van der Waals surface area (Å²) in [5, 5.41) is 3.09. The third kappa shape index (κ3) is 7.56. The van der Waals surface area contributed by atoms with Crippen LogP contribution in [-0.2, 0) is 11.4 Å². The molecule has 0 aromatic heterocycles. The summed E-state index contributed by atoms with van der Waals surface area (Å²) in [5.74, 6) is 1.37. The van der Waals surface area contributed by atoms with Crippen molar-refractivity contribution in [1.82, 2.24) is 10.2 Å². The van der Waals surface area contributed by atoms with Gasteiger partial charge in [0.05, 0.1) is 0 Å². The van der Waals surface area contributed by atoms with Crippen molar-refractivity contribution >= 4 is 5.91 Å². The van der Waals surface area contributed by atoms with Gasteiger partial charge in [-0.15, -0.1) is 0 Å². The van der Waals surface area contributed by atoms with Gasteiger partial charge >= 0.3 is 0 Å². The molecule has 5 nitrogen and oxygen atoms in total. The SMILES string of the molecule is CC(C)=CCN1CCC(NC(=O)COc2ccc(OCc3ccccc3)cc2)CC1. The number of likely N-dealkylation sites (tertiary alicyclic amines) is 1. The molecule has 1 N–H and O–H groups in total. The highest BCUT2D eigenvalue weighted by Crippen LogP contribution is 2.19. The summed E-state index contributed by atoms with van der Waals surface area (Å²) < 4.78 is 11.4. The van der Waals surface area contributed by atoms with Crippen molar-refractivity contribution in [3.05, 3.63) is 71.8 Å². The molecule has 1 aliphatic rings. The molecule has 1 saturated heterocycles. The van der Waals surface area contributed by atoms with Crippen LogP contribution in [0.2, 0.25) is 0 Å². The van der Waals surface area contributed by atoms with Gasteiger partial charge in [-0.2, -0.15) is 0 Å². The highest BCUT2D eigenvalue weighted by atomic mass is 16.5. The molecule has 1 fully saturated rings. The lowest BCUT2D eigenvalue weighted by Crippen LogP contribution is -2.45. The lowest BCUT2D eigenvalue weighted by Gasteiger charge is -2.31. The van der Waals surface area contributed by atoms with Crippen molar-refractivity contribution in [2.24, 2.45) is 0 Å². The van der Waals surface area contributed by atoms with E-state index < -0.39 is 0 Å². The fourth-order valence-corrected chi connectivity index (χ4v) is 3.36. The normalized spacial score (nSPS) is 14.7. The molecule has 0 aliphatic carbocycles. The minimum absolute atomic E-state index is 0.0300. The molecular weight excluding hydrogens is 376 g/mol.